The van der Waals surface area contributed by atoms with E-state index in [1.807, 2.05) is 0 Å². The van der Waals surface area contributed by atoms with Gasteiger partial charge in [-0.1, -0.05) is 0 Å². The van der Waals surface area contributed by atoms with E-state index in [9.17, 15) is 0 Å². The summed E-state index contributed by atoms with van der Waals surface area (Å²) < 4.78 is 0. The summed E-state index contributed by atoms with van der Waals surface area (Å²) in [4.78, 5) is 8.12. The van der Waals surface area contributed by atoms with Crippen LogP contribution in [0.15, 0.2) is 0 Å². The summed E-state index contributed by atoms with van der Waals surface area (Å²) in [5, 5.41) is 8.38. The summed E-state index contributed by atoms with van der Waals surface area (Å²) in [6, 6.07) is 0. The molecule has 0 aliphatic heterocycles. The average Bonchev–Trinajstić information content (AvgIpc) is 0.918. The van der Waals surface area contributed by atoms with Crippen molar-refractivity contribution >= 4 is 17.4 Å². The monoisotopic (exact) mass is 129 g/mol. The zero-order chi connectivity index (χ0) is 2.71. The second-order valence-corrected chi connectivity index (χ2v) is 0.0833. The van der Waals surface area contributed by atoms with Crippen molar-refractivity contribution in [2.45, 2.75) is 0 Å². The molecule has 0 aromatic heterocycles. The zero-order valence-corrected chi connectivity index (χ0v) is 3.00. The Hall–Kier alpha value is 0.465. The molecule has 0 aromatic rings. The average molecular weight is 129 g/mol. The maximum Gasteiger partial charge on any atom is 0.187 e. The van der Waals surface area contributed by atoms with Gasteiger partial charge in [0, 0.05) is 22.7 Å². The third kappa shape index (κ3) is 125. The smallest absolute Gasteiger partial charge is 0.187 e. The summed E-state index contributed by atoms with van der Waals surface area (Å²) in [7, 11) is 0. The number of nitrogens with one attached hydrogen (secondary N) is 1. The molecule has 5 heavy (non-hydrogen) atoms. The first-order chi connectivity index (χ1) is 1.41. The number of rotatable bonds is 0. The van der Waals surface area contributed by atoms with Gasteiger partial charge < -0.3 is 0 Å². The van der Waals surface area contributed by atoms with E-state index in [2.05, 4.69) is 0 Å². The summed E-state index contributed by atoms with van der Waals surface area (Å²) in [5.41, 5.74) is 0. The quantitative estimate of drug-likeness (QED) is 0.217. The molecule has 0 amide bonds. The fourth-order valence-electron chi connectivity index (χ4n) is 0. The van der Waals surface area contributed by atoms with Crippen molar-refractivity contribution in [2.24, 2.45) is 0 Å². The molecule has 5 heteroatoms. The van der Waals surface area contributed by atoms with E-state index < -0.39 is 0 Å². The molecule has 0 rings (SSSR count). The van der Waals surface area contributed by atoms with Crippen LogP contribution in [0.25, 0.3) is 0 Å². The molecule has 0 aliphatic carbocycles. The van der Waals surface area contributed by atoms with Gasteiger partial charge in [0.15, 0.2) is 17.4 Å². The van der Waals surface area contributed by atoms with E-state index in [1.165, 1.54) is 0 Å². The van der Waals surface area contributed by atoms with Crippen LogP contribution in [0.3, 0.4) is 0 Å². The molecule has 0 atom stereocenters. The van der Waals surface area contributed by atoms with E-state index >= 15 is 0 Å². The van der Waals surface area contributed by atoms with E-state index in [0.717, 1.165) is 0 Å². The Balaban J connectivity index is -0.0000000200. The topological polar surface area (TPSA) is 54.1 Å². The molecule has 0 fully saturated rings. The number of hydrogen-bond donors (Lipinski definition) is 1. The Bertz CT molecular complexity index is 17.1. The van der Waals surface area contributed by atoms with Crippen LogP contribution in [0.4, 0.5) is 0 Å². The molecule has 3 nitrogen and oxygen atoms in total. The summed E-state index contributed by atoms with van der Waals surface area (Å²) in [5.74, 6) is 0. The van der Waals surface area contributed by atoms with Crippen molar-refractivity contribution in [3.63, 3.8) is 0 Å². The van der Waals surface area contributed by atoms with Crippen LogP contribution in [0.5, 0.6) is 0 Å². The Morgan fingerprint density at radius 3 is 1.60 bits per heavy atom. The summed E-state index contributed by atoms with van der Waals surface area (Å²) in [6.45, 7) is 0. The Kier molecular flexibility index (Phi) is 89.6. The second kappa shape index (κ2) is 25.0. The van der Waals surface area contributed by atoms with Crippen LogP contribution in [-0.4, -0.2) is 17.4 Å². The van der Waals surface area contributed by atoms with Crippen molar-refractivity contribution in [1.29, 1.82) is 0 Å². The van der Waals surface area contributed by atoms with Gasteiger partial charge in [0.2, 0.25) is 0 Å². The summed E-state index contributed by atoms with van der Waals surface area (Å²) in [6.07, 6.45) is 0. The molecule has 0 saturated carbocycles. The predicted molar refractivity (Wildman–Crippen MR) is 17.6 cm³/mol. The summed E-state index contributed by atoms with van der Waals surface area (Å²) >= 11 is 0. The van der Waals surface area contributed by atoms with Gasteiger partial charge in [-0.2, -0.15) is 0 Å². The van der Waals surface area contributed by atoms with Crippen molar-refractivity contribution in [3.8, 4) is 0 Å². The molecular weight excluding hydrogens is 125 g/mol. The van der Waals surface area contributed by atoms with Gasteiger partial charge in [-0.25, -0.2) is 0 Å². The second-order valence-electron chi connectivity index (χ2n) is 0.0833. The molecular formula is H4AlCrNO2. The van der Waals surface area contributed by atoms with E-state index in [4.69, 9.17) is 10.1 Å². The van der Waals surface area contributed by atoms with Gasteiger partial charge in [0.05, 0.1) is 0 Å². The predicted octanol–water partition coefficient (Wildman–Crippen LogP) is -2.86. The van der Waals surface area contributed by atoms with Gasteiger partial charge in [-0.3, -0.25) is 10.1 Å². The van der Waals surface area contributed by atoms with Gasteiger partial charge in [-0.05, 0) is 0 Å². The number of hydrogen-bond acceptors (Lipinski definition) is 2. The molecule has 0 saturated heterocycles. The normalized spacial score (nSPS) is 2.40. The zero-order valence-electron chi connectivity index (χ0n) is 1.72. The van der Waals surface area contributed by atoms with Gasteiger partial charge in [-0.15, -0.1) is 0 Å². The first kappa shape index (κ1) is 17.9. The van der Waals surface area contributed by atoms with Crippen molar-refractivity contribution in [1.82, 2.24) is 0 Å². The fraction of sp³-hybridized carbons (Fsp3) is 0. The minimum absolute atomic E-state index is 0. The molecule has 0 bridgehead atoms. The minimum Gasteiger partial charge on any atom is -0.267 e. The SMILES string of the molecule is O=[NH+][O-].[AlH3].[Cr]. The largest absolute Gasteiger partial charge is 0.267 e. The van der Waals surface area contributed by atoms with Gasteiger partial charge >= 0.3 is 0 Å². The van der Waals surface area contributed by atoms with Crippen molar-refractivity contribution in [2.75, 3.05) is 0 Å². The van der Waals surface area contributed by atoms with Gasteiger partial charge in [0.1, 0.15) is 0 Å². The van der Waals surface area contributed by atoms with Crippen LogP contribution in [-0.2, 0) is 17.4 Å². The van der Waals surface area contributed by atoms with Crippen molar-refractivity contribution in [3.05, 3.63) is 10.1 Å². The fourth-order valence-corrected chi connectivity index (χ4v) is 0. The Morgan fingerprint density at radius 1 is 1.60 bits per heavy atom. The van der Waals surface area contributed by atoms with E-state index in [-0.39, 0.29) is 40.1 Å². The van der Waals surface area contributed by atoms with Crippen LogP contribution in [0.2, 0.25) is 0 Å². The Labute approximate surface area is 50.6 Å². The first-order valence-electron chi connectivity index (χ1n) is 0.408. The first-order valence-corrected chi connectivity index (χ1v) is 0.408. The molecule has 30 valence electrons. The standard InChI is InChI=1S/Al.Cr.HNO2.3H/c;;2-1-3;;;/h;;1H;;;. The maximum absolute atomic E-state index is 8.12. The molecule has 0 unspecified atom stereocenters. The van der Waals surface area contributed by atoms with E-state index in [0.29, 0.717) is 0 Å². The minimum atomic E-state index is 0. The molecule has 0 aromatic carbocycles. The maximum atomic E-state index is 8.12. The molecule has 0 radical (unpaired) electrons. The van der Waals surface area contributed by atoms with Gasteiger partial charge in [0.25, 0.3) is 0 Å². The van der Waals surface area contributed by atoms with Crippen LogP contribution >= 0.6 is 0 Å². The third-order valence-electron chi connectivity index (χ3n) is 0. The molecule has 1 N–H and O–H groups in total. The van der Waals surface area contributed by atoms with Crippen LogP contribution < -0.4 is 5.34 Å². The molecule has 0 spiro atoms. The van der Waals surface area contributed by atoms with E-state index in [1.54, 1.807) is 0 Å². The Morgan fingerprint density at radius 2 is 1.60 bits per heavy atom. The third-order valence-corrected chi connectivity index (χ3v) is 0. The van der Waals surface area contributed by atoms with Crippen molar-refractivity contribution < 1.29 is 22.7 Å². The van der Waals surface area contributed by atoms with Crippen LogP contribution in [0.1, 0.15) is 0 Å². The van der Waals surface area contributed by atoms with Crippen LogP contribution in [0, 0.1) is 10.1 Å². The molecule has 0 aliphatic rings. The molecule has 0 heterocycles.